The van der Waals surface area contributed by atoms with Gasteiger partial charge in [0.2, 0.25) is 0 Å². The molecule has 0 unspecified atom stereocenters. The van der Waals surface area contributed by atoms with Gasteiger partial charge in [-0.05, 0) is 11.8 Å². The Hall–Kier alpha value is 0.623. The van der Waals surface area contributed by atoms with Crippen LogP contribution in [0.1, 0.15) is 79.1 Å². The summed E-state index contributed by atoms with van der Waals surface area (Å²) < 4.78 is 0. The summed E-state index contributed by atoms with van der Waals surface area (Å²) in [7, 11) is 0. The second kappa shape index (κ2) is 19.0. The van der Waals surface area contributed by atoms with E-state index in [9.17, 15) is 0 Å². The molecule has 0 N–H and O–H groups in total. The first kappa shape index (κ1) is 22.8. The molecule has 0 atom stereocenters. The van der Waals surface area contributed by atoms with Gasteiger partial charge in [-0.3, -0.25) is 0 Å². The quantitative estimate of drug-likeness (QED) is 0.289. The van der Waals surface area contributed by atoms with Gasteiger partial charge in [0.05, 0.1) is 0 Å². The SMILES string of the molecule is [CH2-]CCCCC(C)C.[CH2-]CCCCC(C)C.[Zn+2]. The molecule has 0 aromatic rings. The molecule has 0 spiro atoms. The predicted molar refractivity (Wildman–Crippen MR) is 77.3 cm³/mol. The third kappa shape index (κ3) is 31.5. The summed E-state index contributed by atoms with van der Waals surface area (Å²) in [6, 6.07) is 0. The van der Waals surface area contributed by atoms with Crippen molar-refractivity contribution in [3.8, 4) is 0 Å². The molecule has 0 bridgehead atoms. The Morgan fingerprint density at radius 3 is 1.12 bits per heavy atom. The average molecular weight is 292 g/mol. The number of rotatable bonds is 8. The Morgan fingerprint density at radius 2 is 0.941 bits per heavy atom. The first-order valence-electron chi connectivity index (χ1n) is 7.13. The smallest absolute Gasteiger partial charge is 0.343 e. The van der Waals surface area contributed by atoms with Crippen molar-refractivity contribution < 1.29 is 19.5 Å². The summed E-state index contributed by atoms with van der Waals surface area (Å²) >= 11 is 0. The maximum absolute atomic E-state index is 3.78. The average Bonchev–Trinajstić information content (AvgIpc) is 2.18. The van der Waals surface area contributed by atoms with Crippen molar-refractivity contribution in [2.45, 2.75) is 79.1 Å². The fourth-order valence-corrected chi connectivity index (χ4v) is 1.46. The van der Waals surface area contributed by atoms with Crippen LogP contribution in [-0.2, 0) is 19.5 Å². The van der Waals surface area contributed by atoms with Gasteiger partial charge in [0, 0.05) is 0 Å². The maximum Gasteiger partial charge on any atom is 2.00 e. The van der Waals surface area contributed by atoms with Gasteiger partial charge >= 0.3 is 19.5 Å². The van der Waals surface area contributed by atoms with Crippen LogP contribution in [0.5, 0.6) is 0 Å². The fraction of sp³-hybridized carbons (Fsp3) is 0.875. The third-order valence-electron chi connectivity index (χ3n) is 2.56. The van der Waals surface area contributed by atoms with E-state index in [1.165, 1.54) is 38.5 Å². The van der Waals surface area contributed by atoms with E-state index >= 15 is 0 Å². The Kier molecular flexibility index (Phi) is 25.4. The molecule has 0 radical (unpaired) electrons. The second-order valence-electron chi connectivity index (χ2n) is 5.49. The molecule has 0 heterocycles. The molecular weight excluding hydrogens is 258 g/mol. The molecule has 100 valence electrons. The Morgan fingerprint density at radius 1 is 0.647 bits per heavy atom. The summed E-state index contributed by atoms with van der Waals surface area (Å²) in [4.78, 5) is 0. The Bertz CT molecular complexity index is 94.1. The molecule has 17 heavy (non-hydrogen) atoms. The van der Waals surface area contributed by atoms with E-state index in [2.05, 4.69) is 41.5 Å². The molecule has 1 heteroatoms. The van der Waals surface area contributed by atoms with Crippen LogP contribution in [0.15, 0.2) is 0 Å². The van der Waals surface area contributed by atoms with E-state index in [1.807, 2.05) is 0 Å². The zero-order valence-electron chi connectivity index (χ0n) is 12.9. The molecule has 0 aliphatic heterocycles. The molecule has 0 aromatic heterocycles. The second-order valence-corrected chi connectivity index (χ2v) is 5.49. The fourth-order valence-electron chi connectivity index (χ4n) is 1.46. The Balaban J connectivity index is -0.000000218. The summed E-state index contributed by atoms with van der Waals surface area (Å²) in [5.41, 5.74) is 0. The topological polar surface area (TPSA) is 0 Å². The standard InChI is InChI=1S/2C8H17.Zn/c2*1-4-5-6-7-8(2)3;/h2*8H,1,4-7H2,2-3H3;/q2*-1;+2. The number of unbranched alkanes of at least 4 members (excludes halogenated alkanes) is 4. The molecule has 0 aliphatic rings. The molecule has 0 fully saturated rings. The third-order valence-corrected chi connectivity index (χ3v) is 2.56. The van der Waals surface area contributed by atoms with E-state index in [4.69, 9.17) is 0 Å². The first-order chi connectivity index (χ1) is 7.54. The zero-order valence-corrected chi connectivity index (χ0v) is 15.9. The predicted octanol–water partition coefficient (Wildman–Crippen LogP) is 6.07. The largest absolute Gasteiger partial charge is 2.00 e. The van der Waals surface area contributed by atoms with Crippen LogP contribution in [0.4, 0.5) is 0 Å². The molecule has 0 aliphatic carbocycles. The minimum atomic E-state index is 0. The van der Waals surface area contributed by atoms with Crippen LogP contribution in [0.3, 0.4) is 0 Å². The monoisotopic (exact) mass is 290 g/mol. The van der Waals surface area contributed by atoms with E-state index in [1.54, 1.807) is 0 Å². The van der Waals surface area contributed by atoms with Crippen molar-refractivity contribution in [2.75, 3.05) is 0 Å². The minimum absolute atomic E-state index is 0. The number of hydrogen-bond donors (Lipinski definition) is 0. The minimum Gasteiger partial charge on any atom is -0.343 e. The molecular formula is C16H34Zn. The van der Waals surface area contributed by atoms with Crippen LogP contribution in [0, 0.1) is 25.7 Å². The van der Waals surface area contributed by atoms with E-state index in [0.29, 0.717) is 0 Å². The number of hydrogen-bond acceptors (Lipinski definition) is 0. The molecule has 0 aromatic carbocycles. The molecule has 0 saturated carbocycles. The van der Waals surface area contributed by atoms with Crippen LogP contribution in [0.2, 0.25) is 0 Å². The van der Waals surface area contributed by atoms with E-state index in [-0.39, 0.29) is 19.5 Å². The van der Waals surface area contributed by atoms with Crippen molar-refractivity contribution in [3.63, 3.8) is 0 Å². The first-order valence-corrected chi connectivity index (χ1v) is 7.13. The van der Waals surface area contributed by atoms with Crippen molar-refractivity contribution in [2.24, 2.45) is 11.8 Å². The molecule has 0 nitrogen and oxygen atoms in total. The summed E-state index contributed by atoms with van der Waals surface area (Å²) in [6.45, 7) is 16.6. The van der Waals surface area contributed by atoms with Crippen molar-refractivity contribution in [1.82, 2.24) is 0 Å². The van der Waals surface area contributed by atoms with Gasteiger partial charge in [-0.2, -0.15) is 12.8 Å². The summed E-state index contributed by atoms with van der Waals surface area (Å²) in [5.74, 6) is 1.75. The van der Waals surface area contributed by atoms with Gasteiger partial charge < -0.3 is 13.8 Å². The van der Waals surface area contributed by atoms with E-state index in [0.717, 1.165) is 24.7 Å². The van der Waals surface area contributed by atoms with Crippen LogP contribution < -0.4 is 0 Å². The van der Waals surface area contributed by atoms with Gasteiger partial charge in [0.1, 0.15) is 0 Å². The van der Waals surface area contributed by atoms with Gasteiger partial charge in [0.25, 0.3) is 0 Å². The molecule has 0 rings (SSSR count). The Labute approximate surface area is 124 Å². The zero-order chi connectivity index (χ0) is 12.8. The van der Waals surface area contributed by atoms with Crippen LogP contribution in [0.25, 0.3) is 0 Å². The van der Waals surface area contributed by atoms with Gasteiger partial charge in [0.15, 0.2) is 0 Å². The summed E-state index contributed by atoms with van der Waals surface area (Å²) in [6.07, 6.45) is 10.3. The van der Waals surface area contributed by atoms with Gasteiger partial charge in [-0.25, -0.2) is 0 Å². The van der Waals surface area contributed by atoms with Crippen molar-refractivity contribution in [1.29, 1.82) is 0 Å². The van der Waals surface area contributed by atoms with Crippen molar-refractivity contribution >= 4 is 0 Å². The van der Waals surface area contributed by atoms with E-state index < -0.39 is 0 Å². The molecule has 0 amide bonds. The molecule has 0 saturated heterocycles. The van der Waals surface area contributed by atoms with Crippen LogP contribution in [-0.4, -0.2) is 0 Å². The maximum atomic E-state index is 3.78. The van der Waals surface area contributed by atoms with Crippen LogP contribution >= 0.6 is 0 Å². The summed E-state index contributed by atoms with van der Waals surface area (Å²) in [5, 5.41) is 0. The van der Waals surface area contributed by atoms with Gasteiger partial charge in [-0.15, -0.1) is 0 Å². The normalized spacial score (nSPS) is 9.88. The van der Waals surface area contributed by atoms with Gasteiger partial charge in [-0.1, -0.05) is 66.2 Å². The van der Waals surface area contributed by atoms with Crippen molar-refractivity contribution in [3.05, 3.63) is 13.8 Å².